The molecule has 1 aliphatic rings. The number of carbonyl (C=O) groups excluding carboxylic acids is 1. The summed E-state index contributed by atoms with van der Waals surface area (Å²) in [5, 5.41) is 16.0. The van der Waals surface area contributed by atoms with Crippen LogP contribution in [0.3, 0.4) is 0 Å². The van der Waals surface area contributed by atoms with Gasteiger partial charge >= 0.3 is 0 Å². The first-order valence-electron chi connectivity index (χ1n) is 10.0. The van der Waals surface area contributed by atoms with Gasteiger partial charge in [0.15, 0.2) is 0 Å². The third-order valence-corrected chi connectivity index (χ3v) is 5.27. The number of amides is 1. The number of unbranched alkanes of at least 4 members (excludes halogenated alkanes) is 1. The van der Waals surface area contributed by atoms with Gasteiger partial charge in [-0.3, -0.25) is 9.69 Å². The molecule has 2 heterocycles. The van der Waals surface area contributed by atoms with Gasteiger partial charge in [-0.15, -0.1) is 0 Å². The van der Waals surface area contributed by atoms with E-state index in [9.17, 15) is 4.79 Å². The highest BCUT2D eigenvalue weighted by molar-refractivity contribution is 6.30. The van der Waals surface area contributed by atoms with E-state index in [2.05, 4.69) is 33.8 Å². The number of nitrogens with zero attached hydrogens (tertiary/aromatic N) is 5. The molecule has 0 saturated carbocycles. The van der Waals surface area contributed by atoms with E-state index in [0.717, 1.165) is 29.7 Å². The second kappa shape index (κ2) is 9.09. The number of allylic oxidation sites excluding steroid dienone is 1. The van der Waals surface area contributed by atoms with Gasteiger partial charge in [0, 0.05) is 11.6 Å². The standard InChI is InChI=1S/C22H23ClN6O/c1-2-3-13-24-21(30)15-28-19(17-9-11-18(23)12-10-17)14-20(16-7-5-4-6-8-16)29-22(28)25-26-27-29/h4-12,14,20H,2-3,13,15H2,1H3,(H,24,30)/t20-/m0/s1. The van der Waals surface area contributed by atoms with Gasteiger partial charge in [-0.25, -0.2) is 0 Å². The molecule has 1 aromatic heterocycles. The van der Waals surface area contributed by atoms with Gasteiger partial charge in [-0.2, -0.15) is 4.68 Å². The molecule has 0 aliphatic carbocycles. The van der Waals surface area contributed by atoms with Gasteiger partial charge in [0.2, 0.25) is 5.91 Å². The van der Waals surface area contributed by atoms with Crippen LogP contribution in [-0.4, -0.2) is 39.2 Å². The maximum absolute atomic E-state index is 12.6. The van der Waals surface area contributed by atoms with Crippen LogP contribution in [0.1, 0.15) is 36.9 Å². The van der Waals surface area contributed by atoms with E-state index in [1.54, 1.807) is 4.68 Å². The molecule has 4 rings (SSSR count). The highest BCUT2D eigenvalue weighted by atomic mass is 35.5. The average Bonchev–Trinajstić information content (AvgIpc) is 3.25. The van der Waals surface area contributed by atoms with Crippen LogP contribution >= 0.6 is 11.6 Å². The van der Waals surface area contributed by atoms with Crippen LogP contribution in [0.25, 0.3) is 5.70 Å². The van der Waals surface area contributed by atoms with Crippen LogP contribution < -0.4 is 10.2 Å². The molecule has 1 amide bonds. The van der Waals surface area contributed by atoms with Crippen molar-refractivity contribution < 1.29 is 4.79 Å². The quantitative estimate of drug-likeness (QED) is 0.587. The maximum atomic E-state index is 12.6. The monoisotopic (exact) mass is 422 g/mol. The summed E-state index contributed by atoms with van der Waals surface area (Å²) in [6.45, 7) is 2.87. The number of halogens is 1. The number of anilines is 1. The molecule has 3 aromatic rings. The summed E-state index contributed by atoms with van der Waals surface area (Å²) in [6, 6.07) is 17.4. The molecule has 0 unspecified atom stereocenters. The first-order valence-corrected chi connectivity index (χ1v) is 10.4. The Morgan fingerprint density at radius 3 is 2.63 bits per heavy atom. The van der Waals surface area contributed by atoms with E-state index in [0.29, 0.717) is 17.5 Å². The van der Waals surface area contributed by atoms with E-state index in [1.165, 1.54) is 0 Å². The van der Waals surface area contributed by atoms with Gasteiger partial charge in [-0.1, -0.05) is 72.5 Å². The Morgan fingerprint density at radius 2 is 1.90 bits per heavy atom. The van der Waals surface area contributed by atoms with Gasteiger partial charge in [0.1, 0.15) is 12.6 Å². The molecule has 0 radical (unpaired) electrons. The lowest BCUT2D eigenvalue weighted by atomic mass is 10.0. The molecule has 2 aromatic carbocycles. The third kappa shape index (κ3) is 4.21. The summed E-state index contributed by atoms with van der Waals surface area (Å²) in [6.07, 6.45) is 4.05. The first-order chi connectivity index (χ1) is 14.7. The predicted molar refractivity (Wildman–Crippen MR) is 117 cm³/mol. The van der Waals surface area contributed by atoms with Crippen molar-refractivity contribution >= 4 is 29.2 Å². The van der Waals surface area contributed by atoms with Crippen molar-refractivity contribution in [2.75, 3.05) is 18.0 Å². The highest BCUT2D eigenvalue weighted by Crippen LogP contribution is 2.36. The molecule has 1 aliphatic heterocycles. The number of carbonyl (C=O) groups is 1. The van der Waals surface area contributed by atoms with E-state index >= 15 is 0 Å². The molecule has 0 bridgehead atoms. The summed E-state index contributed by atoms with van der Waals surface area (Å²) in [5.41, 5.74) is 2.87. The molecule has 7 nitrogen and oxygen atoms in total. The molecular formula is C22H23ClN6O. The number of hydrogen-bond donors (Lipinski definition) is 1. The van der Waals surface area contributed by atoms with E-state index < -0.39 is 0 Å². The fraction of sp³-hybridized carbons (Fsp3) is 0.273. The summed E-state index contributed by atoms with van der Waals surface area (Å²) in [7, 11) is 0. The van der Waals surface area contributed by atoms with E-state index in [-0.39, 0.29) is 18.5 Å². The molecule has 0 fully saturated rings. The normalized spacial score (nSPS) is 15.5. The second-order valence-electron chi connectivity index (χ2n) is 7.13. The largest absolute Gasteiger partial charge is 0.355 e. The third-order valence-electron chi connectivity index (χ3n) is 5.02. The molecule has 8 heteroatoms. The zero-order valence-corrected chi connectivity index (χ0v) is 17.5. The molecule has 1 atom stereocenters. The van der Waals surface area contributed by atoms with Gasteiger partial charge < -0.3 is 5.32 Å². The van der Waals surface area contributed by atoms with Crippen LogP contribution in [0, 0.1) is 0 Å². The fourth-order valence-electron chi connectivity index (χ4n) is 3.48. The fourth-order valence-corrected chi connectivity index (χ4v) is 3.61. The van der Waals surface area contributed by atoms with Gasteiger partial charge in [0.05, 0.1) is 5.70 Å². The van der Waals surface area contributed by atoms with Crippen molar-refractivity contribution in [2.24, 2.45) is 0 Å². The SMILES string of the molecule is CCCCNC(=O)CN1C(c2ccc(Cl)cc2)=C[C@@H](c2ccccc2)n2nnnc21. The lowest BCUT2D eigenvalue weighted by molar-refractivity contribution is -0.119. The van der Waals surface area contributed by atoms with Crippen LogP contribution in [0.5, 0.6) is 0 Å². The zero-order chi connectivity index (χ0) is 20.9. The number of tetrazole rings is 1. The maximum Gasteiger partial charge on any atom is 0.251 e. The average molecular weight is 423 g/mol. The second-order valence-corrected chi connectivity index (χ2v) is 7.56. The Kier molecular flexibility index (Phi) is 6.09. The minimum absolute atomic E-state index is 0.0731. The van der Waals surface area contributed by atoms with Crippen molar-refractivity contribution in [1.29, 1.82) is 0 Å². The van der Waals surface area contributed by atoms with Crippen molar-refractivity contribution in [3.05, 3.63) is 76.8 Å². The number of aromatic nitrogens is 4. The topological polar surface area (TPSA) is 75.9 Å². The van der Waals surface area contributed by atoms with Gasteiger partial charge in [0.25, 0.3) is 5.95 Å². The Hall–Kier alpha value is -3.19. The predicted octanol–water partition coefficient (Wildman–Crippen LogP) is 3.69. The summed E-state index contributed by atoms with van der Waals surface area (Å²) < 4.78 is 1.74. The summed E-state index contributed by atoms with van der Waals surface area (Å²) in [5.74, 6) is 0.456. The smallest absolute Gasteiger partial charge is 0.251 e. The van der Waals surface area contributed by atoms with E-state index in [4.69, 9.17) is 11.6 Å². The summed E-state index contributed by atoms with van der Waals surface area (Å²) >= 11 is 6.10. The van der Waals surface area contributed by atoms with Crippen LogP contribution in [0.2, 0.25) is 5.02 Å². The Bertz CT molecular complexity index is 1030. The Labute approximate surface area is 180 Å². The number of nitrogens with one attached hydrogen (secondary N) is 1. The van der Waals surface area contributed by atoms with Gasteiger partial charge in [-0.05, 0) is 46.2 Å². The minimum Gasteiger partial charge on any atom is -0.355 e. The lowest BCUT2D eigenvalue weighted by Gasteiger charge is -2.32. The van der Waals surface area contributed by atoms with Crippen LogP contribution in [-0.2, 0) is 4.79 Å². The van der Waals surface area contributed by atoms with Crippen molar-refractivity contribution in [2.45, 2.75) is 25.8 Å². The molecule has 30 heavy (non-hydrogen) atoms. The molecule has 0 spiro atoms. The molecule has 154 valence electrons. The van der Waals surface area contributed by atoms with Crippen molar-refractivity contribution in [3.8, 4) is 0 Å². The highest BCUT2D eigenvalue weighted by Gasteiger charge is 2.31. The number of rotatable bonds is 7. The van der Waals surface area contributed by atoms with Crippen LogP contribution in [0.4, 0.5) is 5.95 Å². The molecular weight excluding hydrogens is 400 g/mol. The number of hydrogen-bond acceptors (Lipinski definition) is 5. The minimum atomic E-state index is -0.179. The summed E-state index contributed by atoms with van der Waals surface area (Å²) in [4.78, 5) is 14.5. The lowest BCUT2D eigenvalue weighted by Crippen LogP contribution is -2.40. The van der Waals surface area contributed by atoms with Crippen molar-refractivity contribution in [1.82, 2.24) is 25.5 Å². The molecule has 1 N–H and O–H groups in total. The van der Waals surface area contributed by atoms with E-state index in [1.807, 2.05) is 59.5 Å². The number of benzene rings is 2. The Morgan fingerprint density at radius 1 is 1.13 bits per heavy atom. The Balaban J connectivity index is 1.73. The zero-order valence-electron chi connectivity index (χ0n) is 16.7. The van der Waals surface area contributed by atoms with Crippen molar-refractivity contribution in [3.63, 3.8) is 0 Å². The molecule has 0 saturated heterocycles. The first kappa shape index (κ1) is 20.1. The van der Waals surface area contributed by atoms with Crippen LogP contribution in [0.15, 0.2) is 60.7 Å². The number of fused-ring (bicyclic) bond motifs is 1.